The average Bonchev–Trinajstić information content (AvgIpc) is 2.79. The van der Waals surface area contributed by atoms with E-state index in [1.54, 1.807) is 0 Å². The number of likely N-dealkylation sites (N-methyl/N-ethyl adjacent to an activating group) is 1. The highest BCUT2D eigenvalue weighted by molar-refractivity contribution is 5.30. The van der Waals surface area contributed by atoms with Crippen molar-refractivity contribution in [3.8, 4) is 5.69 Å². The summed E-state index contributed by atoms with van der Waals surface area (Å²) in [4.78, 5) is 2.19. The van der Waals surface area contributed by atoms with Gasteiger partial charge in [-0.05, 0) is 19.2 Å². The Morgan fingerprint density at radius 2 is 2.06 bits per heavy atom. The van der Waals surface area contributed by atoms with Crippen molar-refractivity contribution in [3.63, 3.8) is 0 Å². The lowest BCUT2D eigenvalue weighted by Gasteiger charge is -2.13. The van der Waals surface area contributed by atoms with E-state index < -0.39 is 0 Å². The van der Waals surface area contributed by atoms with Gasteiger partial charge in [0.15, 0.2) is 0 Å². The highest BCUT2D eigenvalue weighted by Gasteiger charge is 2.03. The maximum atomic E-state index is 5.52. The van der Waals surface area contributed by atoms with Gasteiger partial charge < -0.3 is 10.6 Å². The molecule has 0 saturated heterocycles. The molecule has 0 aliphatic heterocycles. The summed E-state index contributed by atoms with van der Waals surface area (Å²) in [5.74, 6) is 0. The van der Waals surface area contributed by atoms with Crippen LogP contribution in [0.3, 0.4) is 0 Å². The first kappa shape index (κ1) is 11.8. The fourth-order valence-corrected chi connectivity index (χ4v) is 1.77. The Morgan fingerprint density at radius 3 is 2.76 bits per heavy atom. The minimum Gasteiger partial charge on any atom is -0.329 e. The SMILES string of the molecule is CN(CCN)Cc1cnn(-c2ccccc2)c1. The average molecular weight is 230 g/mol. The highest BCUT2D eigenvalue weighted by Crippen LogP contribution is 2.08. The molecule has 1 aromatic heterocycles. The maximum Gasteiger partial charge on any atom is 0.0645 e. The van der Waals surface area contributed by atoms with Gasteiger partial charge in [0.25, 0.3) is 0 Å². The van der Waals surface area contributed by atoms with E-state index in [4.69, 9.17) is 5.73 Å². The third-order valence-corrected chi connectivity index (χ3v) is 2.62. The van der Waals surface area contributed by atoms with Gasteiger partial charge in [-0.3, -0.25) is 0 Å². The Morgan fingerprint density at radius 1 is 1.29 bits per heavy atom. The first-order valence-electron chi connectivity index (χ1n) is 5.77. The predicted octanol–water partition coefficient (Wildman–Crippen LogP) is 1.26. The van der Waals surface area contributed by atoms with Gasteiger partial charge in [-0.1, -0.05) is 18.2 Å². The lowest BCUT2D eigenvalue weighted by atomic mass is 10.3. The molecule has 1 heterocycles. The Hall–Kier alpha value is -1.65. The van der Waals surface area contributed by atoms with Crippen LogP contribution in [0.2, 0.25) is 0 Å². The van der Waals surface area contributed by atoms with Gasteiger partial charge in [-0.15, -0.1) is 0 Å². The monoisotopic (exact) mass is 230 g/mol. The van der Waals surface area contributed by atoms with E-state index in [9.17, 15) is 0 Å². The number of rotatable bonds is 5. The smallest absolute Gasteiger partial charge is 0.0645 e. The summed E-state index contributed by atoms with van der Waals surface area (Å²) in [5.41, 5.74) is 7.80. The first-order chi connectivity index (χ1) is 8.29. The number of nitrogens with two attached hydrogens (primary N) is 1. The molecule has 0 atom stereocenters. The molecule has 0 aliphatic rings. The number of hydrogen-bond acceptors (Lipinski definition) is 3. The van der Waals surface area contributed by atoms with Crippen LogP contribution in [0.4, 0.5) is 0 Å². The zero-order chi connectivity index (χ0) is 12.1. The lowest BCUT2D eigenvalue weighted by Crippen LogP contribution is -2.24. The van der Waals surface area contributed by atoms with E-state index in [1.807, 2.05) is 41.2 Å². The summed E-state index contributed by atoms with van der Waals surface area (Å²) in [6.07, 6.45) is 3.96. The number of aromatic nitrogens is 2. The fourth-order valence-electron chi connectivity index (χ4n) is 1.77. The quantitative estimate of drug-likeness (QED) is 0.841. The normalized spacial score (nSPS) is 11.0. The molecule has 90 valence electrons. The molecule has 0 bridgehead atoms. The van der Waals surface area contributed by atoms with E-state index >= 15 is 0 Å². The molecule has 2 aromatic rings. The summed E-state index contributed by atoms with van der Waals surface area (Å²) >= 11 is 0. The molecule has 0 unspecified atom stereocenters. The zero-order valence-electron chi connectivity index (χ0n) is 10.1. The van der Waals surface area contributed by atoms with Crippen LogP contribution in [0.25, 0.3) is 5.69 Å². The molecular formula is C13H18N4. The van der Waals surface area contributed by atoms with Crippen LogP contribution in [0.15, 0.2) is 42.7 Å². The Kier molecular flexibility index (Phi) is 3.90. The molecule has 0 radical (unpaired) electrons. The van der Waals surface area contributed by atoms with Gasteiger partial charge in [0.05, 0.1) is 11.9 Å². The van der Waals surface area contributed by atoms with Crippen molar-refractivity contribution in [2.75, 3.05) is 20.1 Å². The number of hydrogen-bond donors (Lipinski definition) is 1. The zero-order valence-corrected chi connectivity index (χ0v) is 10.1. The molecule has 4 heteroatoms. The second-order valence-electron chi connectivity index (χ2n) is 4.16. The molecule has 0 spiro atoms. The van der Waals surface area contributed by atoms with Gasteiger partial charge in [-0.2, -0.15) is 5.10 Å². The number of nitrogens with zero attached hydrogens (tertiary/aromatic N) is 3. The second kappa shape index (κ2) is 5.61. The third kappa shape index (κ3) is 3.15. The van der Waals surface area contributed by atoms with E-state index in [1.165, 1.54) is 5.56 Å². The van der Waals surface area contributed by atoms with Crippen molar-refractivity contribution < 1.29 is 0 Å². The molecule has 0 fully saturated rings. The van der Waals surface area contributed by atoms with Crippen molar-refractivity contribution in [2.45, 2.75) is 6.54 Å². The van der Waals surface area contributed by atoms with Gasteiger partial charge in [-0.25, -0.2) is 4.68 Å². The molecule has 2 rings (SSSR count). The third-order valence-electron chi connectivity index (χ3n) is 2.62. The summed E-state index contributed by atoms with van der Waals surface area (Å²) < 4.78 is 1.89. The molecule has 0 amide bonds. The van der Waals surface area contributed by atoms with Crippen LogP contribution in [-0.2, 0) is 6.54 Å². The standard InChI is InChI=1S/C13H18N4/c1-16(8-7-14)10-12-9-15-17(11-12)13-5-3-2-4-6-13/h2-6,9,11H,7-8,10,14H2,1H3. The van der Waals surface area contributed by atoms with E-state index in [0.717, 1.165) is 18.8 Å². The molecule has 17 heavy (non-hydrogen) atoms. The van der Waals surface area contributed by atoms with Crippen LogP contribution in [-0.4, -0.2) is 34.8 Å². The minimum atomic E-state index is 0.684. The molecule has 0 saturated carbocycles. The maximum absolute atomic E-state index is 5.52. The Balaban J connectivity index is 2.06. The second-order valence-corrected chi connectivity index (χ2v) is 4.16. The highest BCUT2D eigenvalue weighted by atomic mass is 15.3. The van der Waals surface area contributed by atoms with Gasteiger partial charge in [0, 0.05) is 31.4 Å². The summed E-state index contributed by atoms with van der Waals surface area (Å²) in [7, 11) is 2.06. The van der Waals surface area contributed by atoms with E-state index in [2.05, 4.69) is 23.2 Å². The Bertz CT molecular complexity index is 449. The van der Waals surface area contributed by atoms with Crippen molar-refractivity contribution in [1.82, 2.24) is 14.7 Å². The fraction of sp³-hybridized carbons (Fsp3) is 0.308. The largest absolute Gasteiger partial charge is 0.329 e. The molecule has 4 nitrogen and oxygen atoms in total. The van der Waals surface area contributed by atoms with Gasteiger partial charge in [0.1, 0.15) is 0 Å². The van der Waals surface area contributed by atoms with Crippen LogP contribution in [0.5, 0.6) is 0 Å². The van der Waals surface area contributed by atoms with Gasteiger partial charge >= 0.3 is 0 Å². The minimum absolute atomic E-state index is 0.684. The van der Waals surface area contributed by atoms with Crippen LogP contribution < -0.4 is 5.73 Å². The van der Waals surface area contributed by atoms with Crippen molar-refractivity contribution in [1.29, 1.82) is 0 Å². The molecule has 0 aliphatic carbocycles. The molecule has 2 N–H and O–H groups in total. The van der Waals surface area contributed by atoms with Crippen LogP contribution in [0.1, 0.15) is 5.56 Å². The van der Waals surface area contributed by atoms with Gasteiger partial charge in [0.2, 0.25) is 0 Å². The Labute approximate surface area is 102 Å². The summed E-state index contributed by atoms with van der Waals surface area (Å²) in [6.45, 7) is 2.46. The topological polar surface area (TPSA) is 47.1 Å². The molecule has 1 aromatic carbocycles. The number of para-hydroxylation sites is 1. The van der Waals surface area contributed by atoms with Crippen molar-refractivity contribution in [2.24, 2.45) is 5.73 Å². The summed E-state index contributed by atoms with van der Waals surface area (Å²) in [5, 5.41) is 4.36. The summed E-state index contributed by atoms with van der Waals surface area (Å²) in [6, 6.07) is 10.1. The lowest BCUT2D eigenvalue weighted by molar-refractivity contribution is 0.336. The van der Waals surface area contributed by atoms with Crippen molar-refractivity contribution in [3.05, 3.63) is 48.3 Å². The van der Waals surface area contributed by atoms with E-state index in [0.29, 0.717) is 6.54 Å². The van der Waals surface area contributed by atoms with Crippen molar-refractivity contribution >= 4 is 0 Å². The molecular weight excluding hydrogens is 212 g/mol. The predicted molar refractivity (Wildman–Crippen MR) is 69.0 cm³/mol. The number of benzene rings is 1. The van der Waals surface area contributed by atoms with Crippen LogP contribution in [0, 0.1) is 0 Å². The van der Waals surface area contributed by atoms with E-state index in [-0.39, 0.29) is 0 Å². The van der Waals surface area contributed by atoms with Crippen LogP contribution >= 0.6 is 0 Å². The first-order valence-corrected chi connectivity index (χ1v) is 5.77.